The van der Waals surface area contributed by atoms with Gasteiger partial charge in [-0.25, -0.2) is 4.79 Å². The molecule has 0 aliphatic rings. The Morgan fingerprint density at radius 2 is 1.37 bits per heavy atom. The number of methoxy groups -OCH3 is 4. The van der Waals surface area contributed by atoms with Crippen molar-refractivity contribution in [3.8, 4) is 0 Å². The molecule has 0 amide bonds. The van der Waals surface area contributed by atoms with Crippen molar-refractivity contribution in [3.63, 3.8) is 0 Å². The van der Waals surface area contributed by atoms with Gasteiger partial charge in [-0.2, -0.15) is 0 Å². The average molecular weight is 391 g/mol. The summed E-state index contributed by atoms with van der Waals surface area (Å²) in [5.74, 6) is -1.62. The molecular formula is C21H42O6. The third kappa shape index (κ3) is 13.8. The maximum Gasteiger partial charge on any atom is 0.330 e. The van der Waals surface area contributed by atoms with E-state index >= 15 is 0 Å². The van der Waals surface area contributed by atoms with E-state index in [2.05, 4.69) is 13.5 Å². The lowest BCUT2D eigenvalue weighted by Gasteiger charge is -2.36. The topological polar surface area (TPSA) is 74.2 Å². The number of rotatable bonds is 16. The van der Waals surface area contributed by atoms with Gasteiger partial charge in [0.05, 0.1) is 0 Å². The highest BCUT2D eigenvalue weighted by Crippen LogP contribution is 2.32. The van der Waals surface area contributed by atoms with Crippen LogP contribution in [0.15, 0.2) is 12.2 Å². The van der Waals surface area contributed by atoms with Gasteiger partial charge in [-0.05, 0) is 26.2 Å². The highest BCUT2D eigenvalue weighted by molar-refractivity contribution is 5.84. The van der Waals surface area contributed by atoms with E-state index in [1.54, 1.807) is 28.4 Å². The lowest BCUT2D eigenvalue weighted by Crippen LogP contribution is -2.44. The van der Waals surface area contributed by atoms with Crippen LogP contribution in [-0.4, -0.2) is 52.1 Å². The van der Waals surface area contributed by atoms with Crippen molar-refractivity contribution in [1.29, 1.82) is 0 Å². The Bertz CT molecular complexity index is 345. The molecule has 0 rings (SSSR count). The van der Waals surface area contributed by atoms with Crippen molar-refractivity contribution < 1.29 is 28.8 Å². The molecule has 0 radical (unpaired) electrons. The lowest BCUT2D eigenvalue weighted by molar-refractivity contribution is -0.380. The molecule has 0 aliphatic carbocycles. The van der Waals surface area contributed by atoms with Crippen LogP contribution in [-0.2, 0) is 23.7 Å². The molecule has 1 unspecified atom stereocenters. The van der Waals surface area contributed by atoms with Crippen LogP contribution in [0.25, 0.3) is 0 Å². The van der Waals surface area contributed by atoms with Gasteiger partial charge >= 0.3 is 5.97 Å². The van der Waals surface area contributed by atoms with E-state index in [-0.39, 0.29) is 11.5 Å². The zero-order valence-corrected chi connectivity index (χ0v) is 18.3. The Balaban J connectivity index is 0. The standard InChI is InChI=1S/C17H36O4.C4H6O2/c1-6-7-8-9-10-11-13-16(14-12-15-18-2)17(19-3,20-4)21-5;1-3(2)4(5)6/h16H,6-15H2,1-5H3;1H2,2H3,(H,5,6). The summed E-state index contributed by atoms with van der Waals surface area (Å²) in [4.78, 5) is 9.60. The van der Waals surface area contributed by atoms with Gasteiger partial charge in [-0.1, -0.05) is 52.0 Å². The number of hydrogen-bond donors (Lipinski definition) is 1. The number of carbonyl (C=O) groups is 1. The minimum Gasteiger partial charge on any atom is -0.478 e. The number of carboxylic acid groups (broad SMARTS) is 1. The van der Waals surface area contributed by atoms with Crippen molar-refractivity contribution in [3.05, 3.63) is 12.2 Å². The van der Waals surface area contributed by atoms with Crippen LogP contribution in [0.2, 0.25) is 0 Å². The van der Waals surface area contributed by atoms with E-state index in [0.29, 0.717) is 0 Å². The highest BCUT2D eigenvalue weighted by atomic mass is 16.9. The second-order valence-corrected chi connectivity index (χ2v) is 6.69. The summed E-state index contributed by atoms with van der Waals surface area (Å²) in [5.41, 5.74) is 0.176. The third-order valence-corrected chi connectivity index (χ3v) is 4.53. The molecule has 0 aromatic heterocycles. The van der Waals surface area contributed by atoms with E-state index in [9.17, 15) is 4.79 Å². The summed E-state index contributed by atoms with van der Waals surface area (Å²) in [6.07, 6.45) is 10.8. The maximum absolute atomic E-state index is 9.60. The van der Waals surface area contributed by atoms with Crippen molar-refractivity contribution in [1.82, 2.24) is 0 Å². The summed E-state index contributed by atoms with van der Waals surface area (Å²) in [5, 5.41) is 7.89. The quantitative estimate of drug-likeness (QED) is 0.227. The molecule has 0 aromatic rings. The zero-order valence-electron chi connectivity index (χ0n) is 18.3. The van der Waals surface area contributed by atoms with Crippen molar-refractivity contribution in [2.75, 3.05) is 35.0 Å². The SMILES string of the molecule is C=C(C)C(=O)O.CCCCCCCCC(CCCOC)C(OC)(OC)OC. The Morgan fingerprint density at radius 1 is 0.926 bits per heavy atom. The Kier molecular flexibility index (Phi) is 19.3. The van der Waals surface area contributed by atoms with Gasteiger partial charge in [0.15, 0.2) is 0 Å². The second kappa shape index (κ2) is 18.4. The van der Waals surface area contributed by atoms with E-state index in [4.69, 9.17) is 24.1 Å². The number of hydrogen-bond acceptors (Lipinski definition) is 5. The van der Waals surface area contributed by atoms with Crippen molar-refractivity contribution in [2.45, 2.75) is 77.6 Å². The molecule has 1 N–H and O–H groups in total. The lowest BCUT2D eigenvalue weighted by atomic mass is 9.93. The molecule has 162 valence electrons. The van der Waals surface area contributed by atoms with Gasteiger partial charge in [0, 0.05) is 46.5 Å². The Labute approximate surface area is 166 Å². The number of unbranched alkanes of at least 4 members (excludes halogenated alkanes) is 5. The van der Waals surface area contributed by atoms with E-state index in [1.807, 2.05) is 0 Å². The predicted octanol–water partition coefficient (Wildman–Crippen LogP) is 5.02. The summed E-state index contributed by atoms with van der Waals surface area (Å²) in [6.45, 7) is 7.61. The van der Waals surface area contributed by atoms with Gasteiger partial charge in [-0.15, -0.1) is 0 Å². The molecule has 0 heterocycles. The molecule has 1 atom stereocenters. The number of carboxylic acids is 1. The monoisotopic (exact) mass is 390 g/mol. The third-order valence-electron chi connectivity index (χ3n) is 4.53. The summed E-state index contributed by atoms with van der Waals surface area (Å²) < 4.78 is 21.8. The largest absolute Gasteiger partial charge is 0.478 e. The molecule has 0 bridgehead atoms. The van der Waals surface area contributed by atoms with Gasteiger partial charge in [0.25, 0.3) is 5.97 Å². The van der Waals surface area contributed by atoms with Crippen LogP contribution >= 0.6 is 0 Å². The molecule has 27 heavy (non-hydrogen) atoms. The van der Waals surface area contributed by atoms with Crippen LogP contribution in [0.1, 0.15) is 71.6 Å². The van der Waals surface area contributed by atoms with Gasteiger partial charge in [0.1, 0.15) is 0 Å². The van der Waals surface area contributed by atoms with Crippen LogP contribution in [0.4, 0.5) is 0 Å². The fourth-order valence-corrected chi connectivity index (χ4v) is 2.89. The predicted molar refractivity (Wildman–Crippen MR) is 109 cm³/mol. The van der Waals surface area contributed by atoms with Crippen LogP contribution in [0.5, 0.6) is 0 Å². The molecule has 6 nitrogen and oxygen atoms in total. The van der Waals surface area contributed by atoms with Gasteiger partial charge < -0.3 is 24.1 Å². The van der Waals surface area contributed by atoms with Gasteiger partial charge in [0.2, 0.25) is 0 Å². The van der Waals surface area contributed by atoms with Crippen LogP contribution < -0.4 is 0 Å². The molecule has 0 saturated heterocycles. The Hall–Kier alpha value is -0.950. The fraction of sp³-hybridized carbons (Fsp3) is 0.857. The smallest absolute Gasteiger partial charge is 0.330 e. The first-order valence-electron chi connectivity index (χ1n) is 9.88. The first kappa shape index (κ1) is 28.3. The zero-order chi connectivity index (χ0) is 21.1. The first-order valence-corrected chi connectivity index (χ1v) is 9.88. The molecular weight excluding hydrogens is 348 g/mol. The number of ether oxygens (including phenoxy) is 4. The molecule has 0 saturated carbocycles. The summed E-state index contributed by atoms with van der Waals surface area (Å²) in [7, 11) is 6.69. The van der Waals surface area contributed by atoms with Crippen LogP contribution in [0, 0.1) is 5.92 Å². The van der Waals surface area contributed by atoms with E-state index in [0.717, 1.165) is 25.9 Å². The number of aliphatic carboxylic acids is 1. The minimum atomic E-state index is -0.935. The fourth-order valence-electron chi connectivity index (χ4n) is 2.89. The molecule has 6 heteroatoms. The first-order chi connectivity index (χ1) is 12.8. The van der Waals surface area contributed by atoms with Crippen LogP contribution in [0.3, 0.4) is 0 Å². The molecule has 0 fully saturated rings. The minimum absolute atomic E-state index is 0.176. The maximum atomic E-state index is 9.60. The van der Waals surface area contributed by atoms with Gasteiger partial charge in [-0.3, -0.25) is 0 Å². The average Bonchev–Trinajstić information content (AvgIpc) is 2.66. The second-order valence-electron chi connectivity index (χ2n) is 6.69. The molecule has 0 aromatic carbocycles. The van der Waals surface area contributed by atoms with Crippen molar-refractivity contribution in [2.24, 2.45) is 5.92 Å². The van der Waals surface area contributed by atoms with E-state index in [1.165, 1.54) is 45.4 Å². The summed E-state index contributed by atoms with van der Waals surface area (Å²) >= 11 is 0. The summed E-state index contributed by atoms with van der Waals surface area (Å²) in [6, 6.07) is 0. The highest BCUT2D eigenvalue weighted by Gasteiger charge is 2.39. The Morgan fingerprint density at radius 3 is 1.78 bits per heavy atom. The van der Waals surface area contributed by atoms with E-state index < -0.39 is 11.9 Å². The van der Waals surface area contributed by atoms with Crippen molar-refractivity contribution >= 4 is 5.97 Å². The normalized spacial score (nSPS) is 12.2. The molecule has 0 spiro atoms. The molecule has 0 aliphatic heterocycles.